The van der Waals surface area contributed by atoms with Crippen LogP contribution in [-0.4, -0.2) is 22.3 Å². The topological polar surface area (TPSA) is 78.9 Å². The average Bonchev–Trinajstić information content (AvgIpc) is 2.89. The summed E-state index contributed by atoms with van der Waals surface area (Å²) in [4.78, 5) is 10.5. The second-order valence-electron chi connectivity index (χ2n) is 3.87. The number of hydrogen-bond donors (Lipinski definition) is 2. The molecular weight excluding hydrogens is 246 g/mol. The molecule has 2 aromatic rings. The highest BCUT2D eigenvalue weighted by molar-refractivity contribution is 7.13. The van der Waals surface area contributed by atoms with Crippen LogP contribution in [-0.2, 0) is 6.54 Å². The Balaban J connectivity index is 2.07. The van der Waals surface area contributed by atoms with Gasteiger partial charge in [0.25, 0.3) is 0 Å². The molecule has 0 spiro atoms. The Kier molecular flexibility index (Phi) is 4.25. The molecule has 18 heavy (non-hydrogen) atoms. The molecule has 0 aliphatic heterocycles. The second-order valence-corrected chi connectivity index (χ2v) is 4.75. The van der Waals surface area contributed by atoms with Crippen LogP contribution in [0.25, 0.3) is 0 Å². The monoisotopic (exact) mass is 261 g/mol. The number of hydrogen-bond acceptors (Lipinski definition) is 5. The van der Waals surface area contributed by atoms with Crippen molar-refractivity contribution < 1.29 is 0 Å². The molecule has 2 aromatic heterocycles. The third-order valence-electron chi connectivity index (χ3n) is 2.44. The number of amidine groups is 1. The zero-order chi connectivity index (χ0) is 12.8. The Morgan fingerprint density at radius 3 is 2.94 bits per heavy atom. The number of anilines is 1. The maximum Gasteiger partial charge on any atom is 0.185 e. The van der Waals surface area contributed by atoms with E-state index in [-0.39, 0.29) is 5.84 Å². The molecule has 3 N–H and O–H groups in total. The Morgan fingerprint density at radius 2 is 2.33 bits per heavy atom. The number of rotatable bonds is 6. The van der Waals surface area contributed by atoms with Gasteiger partial charge in [0, 0.05) is 43.5 Å². The first-order valence-corrected chi connectivity index (χ1v) is 6.50. The maximum atomic E-state index is 7.31. The Bertz CT molecular complexity index is 482. The first kappa shape index (κ1) is 12.5. The van der Waals surface area contributed by atoms with Crippen LogP contribution in [0.1, 0.15) is 12.0 Å². The van der Waals surface area contributed by atoms with E-state index in [0.29, 0.717) is 13.0 Å². The van der Waals surface area contributed by atoms with E-state index >= 15 is 0 Å². The molecule has 0 fully saturated rings. The van der Waals surface area contributed by atoms with Crippen molar-refractivity contribution in [2.45, 2.75) is 13.0 Å². The minimum atomic E-state index is 0.197. The highest BCUT2D eigenvalue weighted by atomic mass is 32.1. The zero-order valence-corrected chi connectivity index (χ0v) is 10.7. The van der Waals surface area contributed by atoms with Gasteiger partial charge in [0.1, 0.15) is 0 Å². The van der Waals surface area contributed by atoms with Crippen LogP contribution in [0.15, 0.2) is 36.1 Å². The first-order valence-electron chi connectivity index (χ1n) is 5.62. The van der Waals surface area contributed by atoms with Gasteiger partial charge in [-0.3, -0.25) is 10.4 Å². The molecule has 0 bridgehead atoms. The SMILES string of the molecule is N=C(N)CCN(Cc1cccnc1)c1nccs1. The van der Waals surface area contributed by atoms with Gasteiger partial charge >= 0.3 is 0 Å². The van der Waals surface area contributed by atoms with Crippen molar-refractivity contribution >= 4 is 22.3 Å². The van der Waals surface area contributed by atoms with E-state index in [1.807, 2.05) is 23.7 Å². The number of aromatic nitrogens is 2. The minimum Gasteiger partial charge on any atom is -0.388 e. The standard InChI is InChI=1S/C12H15N5S/c13-11(14)3-6-17(12-16-5-7-18-12)9-10-2-1-4-15-8-10/h1-2,4-5,7-8H,3,6,9H2,(H3,13,14). The van der Waals surface area contributed by atoms with Crippen LogP contribution in [0.2, 0.25) is 0 Å². The summed E-state index contributed by atoms with van der Waals surface area (Å²) >= 11 is 1.59. The fourth-order valence-electron chi connectivity index (χ4n) is 1.58. The summed E-state index contributed by atoms with van der Waals surface area (Å²) in [6.45, 7) is 1.42. The molecular formula is C12H15N5S. The predicted molar refractivity (Wildman–Crippen MR) is 73.9 cm³/mol. The van der Waals surface area contributed by atoms with Gasteiger partial charge in [-0.25, -0.2) is 4.98 Å². The molecule has 2 rings (SSSR count). The van der Waals surface area contributed by atoms with E-state index in [1.165, 1.54) is 0 Å². The molecule has 0 amide bonds. The third kappa shape index (κ3) is 3.53. The van der Waals surface area contributed by atoms with Crippen LogP contribution in [0.3, 0.4) is 0 Å². The molecule has 0 unspecified atom stereocenters. The van der Waals surface area contributed by atoms with Gasteiger partial charge in [-0.1, -0.05) is 6.07 Å². The van der Waals surface area contributed by atoms with E-state index in [2.05, 4.69) is 14.9 Å². The summed E-state index contributed by atoms with van der Waals surface area (Å²) in [6, 6.07) is 3.95. The molecule has 0 saturated carbocycles. The van der Waals surface area contributed by atoms with Crippen molar-refractivity contribution in [3.8, 4) is 0 Å². The molecule has 0 aromatic carbocycles. The minimum absolute atomic E-state index is 0.197. The quantitative estimate of drug-likeness (QED) is 0.614. The second kappa shape index (κ2) is 6.11. The number of pyridine rings is 1. The third-order valence-corrected chi connectivity index (χ3v) is 3.27. The van der Waals surface area contributed by atoms with Gasteiger partial charge in [0.05, 0.1) is 5.84 Å². The zero-order valence-electron chi connectivity index (χ0n) is 9.91. The van der Waals surface area contributed by atoms with Gasteiger partial charge in [0.2, 0.25) is 0 Å². The van der Waals surface area contributed by atoms with Crippen LogP contribution < -0.4 is 10.6 Å². The number of nitrogens with one attached hydrogen (secondary N) is 1. The number of nitrogens with two attached hydrogens (primary N) is 1. The molecule has 0 aliphatic carbocycles. The molecule has 0 atom stereocenters. The summed E-state index contributed by atoms with van der Waals surface area (Å²) in [6.07, 6.45) is 5.92. The summed E-state index contributed by atoms with van der Waals surface area (Å²) < 4.78 is 0. The lowest BCUT2D eigenvalue weighted by Crippen LogP contribution is -2.27. The normalized spacial score (nSPS) is 10.2. The lowest BCUT2D eigenvalue weighted by Gasteiger charge is -2.21. The highest BCUT2D eigenvalue weighted by Gasteiger charge is 2.10. The molecule has 0 aliphatic rings. The molecule has 94 valence electrons. The van der Waals surface area contributed by atoms with Gasteiger partial charge in [0.15, 0.2) is 5.13 Å². The van der Waals surface area contributed by atoms with E-state index in [4.69, 9.17) is 11.1 Å². The Morgan fingerprint density at radius 1 is 1.44 bits per heavy atom. The molecule has 0 radical (unpaired) electrons. The Hall–Kier alpha value is -1.95. The maximum absolute atomic E-state index is 7.31. The van der Waals surface area contributed by atoms with Crippen LogP contribution in [0, 0.1) is 5.41 Å². The van der Waals surface area contributed by atoms with Crippen molar-refractivity contribution in [3.05, 3.63) is 41.7 Å². The predicted octanol–water partition coefficient (Wildman–Crippen LogP) is 1.87. The van der Waals surface area contributed by atoms with Crippen molar-refractivity contribution in [1.29, 1.82) is 5.41 Å². The lowest BCUT2D eigenvalue weighted by molar-refractivity contribution is 0.794. The molecule has 5 nitrogen and oxygen atoms in total. The first-order chi connectivity index (χ1) is 8.75. The smallest absolute Gasteiger partial charge is 0.185 e. The fraction of sp³-hybridized carbons (Fsp3) is 0.250. The van der Waals surface area contributed by atoms with Gasteiger partial charge in [-0.05, 0) is 11.6 Å². The number of nitrogens with zero attached hydrogens (tertiary/aromatic N) is 3. The van der Waals surface area contributed by atoms with Gasteiger partial charge in [-0.2, -0.15) is 0 Å². The van der Waals surface area contributed by atoms with Crippen LogP contribution in [0.4, 0.5) is 5.13 Å². The summed E-state index contributed by atoms with van der Waals surface area (Å²) in [7, 11) is 0. The van der Waals surface area contributed by atoms with Gasteiger partial charge in [-0.15, -0.1) is 11.3 Å². The van der Waals surface area contributed by atoms with Crippen molar-refractivity contribution in [2.24, 2.45) is 5.73 Å². The largest absolute Gasteiger partial charge is 0.388 e. The lowest BCUT2D eigenvalue weighted by atomic mass is 10.2. The van der Waals surface area contributed by atoms with Crippen LogP contribution in [0.5, 0.6) is 0 Å². The number of thiazole rings is 1. The van der Waals surface area contributed by atoms with Gasteiger partial charge < -0.3 is 10.6 Å². The summed E-state index contributed by atoms with van der Waals surface area (Å²) in [5.41, 5.74) is 6.54. The summed E-state index contributed by atoms with van der Waals surface area (Å²) in [5, 5.41) is 10.2. The van der Waals surface area contributed by atoms with Crippen LogP contribution >= 0.6 is 11.3 Å². The van der Waals surface area contributed by atoms with E-state index in [9.17, 15) is 0 Å². The van der Waals surface area contributed by atoms with E-state index in [1.54, 1.807) is 23.7 Å². The average molecular weight is 261 g/mol. The van der Waals surface area contributed by atoms with Crippen molar-refractivity contribution in [2.75, 3.05) is 11.4 Å². The van der Waals surface area contributed by atoms with E-state index < -0.39 is 0 Å². The van der Waals surface area contributed by atoms with Crippen molar-refractivity contribution in [1.82, 2.24) is 9.97 Å². The Labute approximate surface area is 110 Å². The highest BCUT2D eigenvalue weighted by Crippen LogP contribution is 2.19. The summed E-state index contributed by atoms with van der Waals surface area (Å²) in [5.74, 6) is 0.197. The fourth-order valence-corrected chi connectivity index (χ4v) is 2.25. The molecule has 0 saturated heterocycles. The molecule has 2 heterocycles. The van der Waals surface area contributed by atoms with E-state index in [0.717, 1.165) is 17.2 Å². The van der Waals surface area contributed by atoms with Crippen molar-refractivity contribution in [3.63, 3.8) is 0 Å². The molecule has 6 heteroatoms.